The van der Waals surface area contributed by atoms with Gasteiger partial charge in [-0.05, 0) is 37.5 Å². The average molecular weight is 315 g/mol. The van der Waals surface area contributed by atoms with Crippen molar-refractivity contribution in [2.75, 3.05) is 0 Å². The number of carbonyl (C=O) groups is 3. The molecule has 0 saturated carbocycles. The highest BCUT2D eigenvalue weighted by molar-refractivity contribution is 6.05. The Morgan fingerprint density at radius 3 is 2.65 bits per heavy atom. The maximum atomic E-state index is 12.7. The molecule has 1 aromatic rings. The molecule has 1 aromatic carbocycles. The molecule has 23 heavy (non-hydrogen) atoms. The summed E-state index contributed by atoms with van der Waals surface area (Å²) in [5, 5.41) is 0. The molecule has 6 heteroatoms. The van der Waals surface area contributed by atoms with Crippen molar-refractivity contribution in [3.8, 4) is 0 Å². The Kier molecular flexibility index (Phi) is 3.93. The first kappa shape index (κ1) is 15.7. The number of amides is 3. The second-order valence-corrected chi connectivity index (χ2v) is 6.38. The van der Waals surface area contributed by atoms with Crippen LogP contribution < -0.4 is 5.73 Å². The molecule has 0 radical (unpaired) electrons. The molecule has 2 heterocycles. The summed E-state index contributed by atoms with van der Waals surface area (Å²) in [7, 11) is 0. The molecule has 3 rings (SSSR count). The van der Waals surface area contributed by atoms with Gasteiger partial charge in [0, 0.05) is 31.1 Å². The maximum absolute atomic E-state index is 12.7. The summed E-state index contributed by atoms with van der Waals surface area (Å²) in [5.74, 6) is -0.563. The Balaban J connectivity index is 1.87. The van der Waals surface area contributed by atoms with Crippen LogP contribution >= 0.6 is 0 Å². The molecule has 0 bridgehead atoms. The third-order valence-electron chi connectivity index (χ3n) is 4.55. The van der Waals surface area contributed by atoms with E-state index in [1.165, 1.54) is 4.90 Å². The van der Waals surface area contributed by atoms with E-state index in [0.717, 1.165) is 11.1 Å². The molecule has 1 unspecified atom stereocenters. The van der Waals surface area contributed by atoms with E-state index in [1.54, 1.807) is 11.0 Å². The lowest BCUT2D eigenvalue weighted by Crippen LogP contribution is -2.56. The maximum Gasteiger partial charge on any atom is 0.255 e. The van der Waals surface area contributed by atoms with E-state index in [-0.39, 0.29) is 23.8 Å². The molecule has 2 aliphatic heterocycles. The predicted octanol–water partition coefficient (Wildman–Crippen LogP) is 1.03. The second kappa shape index (κ2) is 5.77. The molecule has 3 amide bonds. The number of piperidine rings is 1. The zero-order valence-electron chi connectivity index (χ0n) is 13.4. The summed E-state index contributed by atoms with van der Waals surface area (Å²) in [6.45, 7) is 4.44. The summed E-state index contributed by atoms with van der Waals surface area (Å²) in [6.07, 6.45) is 0.688. The number of nitrogens with zero attached hydrogens (tertiary/aromatic N) is 2. The predicted molar refractivity (Wildman–Crippen MR) is 84.2 cm³/mol. The van der Waals surface area contributed by atoms with E-state index in [1.807, 2.05) is 26.0 Å². The standard InChI is InChI=1S/C17H21N3O3/c1-10(2)20-15(21)6-5-14(17(20)23)19-9-12-7-11(8-18)3-4-13(12)16(19)22/h3-4,7,10,14H,5-6,8-9,18H2,1-2H3. The second-order valence-electron chi connectivity index (χ2n) is 6.38. The smallest absolute Gasteiger partial charge is 0.255 e. The highest BCUT2D eigenvalue weighted by atomic mass is 16.2. The quantitative estimate of drug-likeness (QED) is 0.844. The van der Waals surface area contributed by atoms with Crippen LogP contribution in [0.5, 0.6) is 0 Å². The minimum absolute atomic E-state index is 0.139. The number of hydrogen-bond acceptors (Lipinski definition) is 4. The zero-order chi connectivity index (χ0) is 16.7. The highest BCUT2D eigenvalue weighted by Gasteiger charge is 2.43. The van der Waals surface area contributed by atoms with E-state index in [2.05, 4.69) is 0 Å². The molecule has 0 aliphatic carbocycles. The van der Waals surface area contributed by atoms with Crippen LogP contribution in [0.1, 0.15) is 48.2 Å². The fourth-order valence-corrected chi connectivity index (χ4v) is 3.39. The van der Waals surface area contributed by atoms with E-state index in [4.69, 9.17) is 5.73 Å². The molecular weight excluding hydrogens is 294 g/mol. The Morgan fingerprint density at radius 2 is 2.00 bits per heavy atom. The van der Waals surface area contributed by atoms with Gasteiger partial charge in [0.1, 0.15) is 6.04 Å². The van der Waals surface area contributed by atoms with Crippen molar-refractivity contribution >= 4 is 17.7 Å². The van der Waals surface area contributed by atoms with Crippen molar-refractivity contribution in [1.29, 1.82) is 0 Å². The molecule has 0 spiro atoms. The SMILES string of the molecule is CC(C)N1C(=O)CCC(N2Cc3cc(CN)ccc3C2=O)C1=O. The lowest BCUT2D eigenvalue weighted by Gasteiger charge is -2.37. The number of carbonyl (C=O) groups excluding carboxylic acids is 3. The largest absolute Gasteiger partial charge is 0.326 e. The van der Waals surface area contributed by atoms with Gasteiger partial charge in [-0.15, -0.1) is 0 Å². The lowest BCUT2D eigenvalue weighted by atomic mass is 10.0. The number of rotatable bonds is 3. The Labute approximate surface area is 135 Å². The van der Waals surface area contributed by atoms with Crippen LogP contribution in [0.15, 0.2) is 18.2 Å². The van der Waals surface area contributed by atoms with Gasteiger partial charge in [0.15, 0.2) is 0 Å². The van der Waals surface area contributed by atoms with E-state index < -0.39 is 6.04 Å². The molecule has 2 N–H and O–H groups in total. The van der Waals surface area contributed by atoms with E-state index in [0.29, 0.717) is 31.5 Å². The van der Waals surface area contributed by atoms with Gasteiger partial charge in [-0.25, -0.2) is 0 Å². The number of benzene rings is 1. The van der Waals surface area contributed by atoms with Crippen molar-refractivity contribution in [2.24, 2.45) is 5.73 Å². The van der Waals surface area contributed by atoms with Crippen LogP contribution in [-0.2, 0) is 22.7 Å². The topological polar surface area (TPSA) is 83.7 Å². The summed E-state index contributed by atoms with van der Waals surface area (Å²) in [5.41, 5.74) is 8.14. The van der Waals surface area contributed by atoms with Crippen molar-refractivity contribution < 1.29 is 14.4 Å². The fraction of sp³-hybridized carbons (Fsp3) is 0.471. The number of hydrogen-bond donors (Lipinski definition) is 1. The van der Waals surface area contributed by atoms with Gasteiger partial charge in [0.2, 0.25) is 5.91 Å². The first-order valence-electron chi connectivity index (χ1n) is 7.92. The van der Waals surface area contributed by atoms with E-state index >= 15 is 0 Å². The highest BCUT2D eigenvalue weighted by Crippen LogP contribution is 2.30. The summed E-state index contributed by atoms with van der Waals surface area (Å²) in [4.78, 5) is 40.2. The van der Waals surface area contributed by atoms with Gasteiger partial charge in [0.05, 0.1) is 0 Å². The van der Waals surface area contributed by atoms with Gasteiger partial charge < -0.3 is 10.6 Å². The van der Waals surface area contributed by atoms with Crippen molar-refractivity contribution in [2.45, 2.75) is 51.9 Å². The number of fused-ring (bicyclic) bond motifs is 1. The number of likely N-dealkylation sites (tertiary alicyclic amines) is 1. The van der Waals surface area contributed by atoms with Crippen molar-refractivity contribution in [3.05, 3.63) is 34.9 Å². The minimum atomic E-state index is -0.559. The average Bonchev–Trinajstić information content (AvgIpc) is 2.83. The van der Waals surface area contributed by atoms with Crippen LogP contribution in [0.4, 0.5) is 0 Å². The number of imide groups is 1. The van der Waals surface area contributed by atoms with Gasteiger partial charge >= 0.3 is 0 Å². The van der Waals surface area contributed by atoms with Crippen LogP contribution in [0.2, 0.25) is 0 Å². The summed E-state index contributed by atoms with van der Waals surface area (Å²) >= 11 is 0. The molecule has 122 valence electrons. The molecule has 2 aliphatic rings. The Bertz CT molecular complexity index is 684. The Morgan fingerprint density at radius 1 is 1.26 bits per heavy atom. The Hall–Kier alpha value is -2.21. The molecule has 0 aromatic heterocycles. The normalized spacial score (nSPS) is 21.4. The van der Waals surface area contributed by atoms with Gasteiger partial charge in [-0.3, -0.25) is 19.3 Å². The van der Waals surface area contributed by atoms with Crippen LogP contribution in [0.25, 0.3) is 0 Å². The van der Waals surface area contributed by atoms with E-state index in [9.17, 15) is 14.4 Å². The fourth-order valence-electron chi connectivity index (χ4n) is 3.39. The van der Waals surface area contributed by atoms with Gasteiger partial charge in [-0.2, -0.15) is 0 Å². The van der Waals surface area contributed by atoms with Gasteiger partial charge in [-0.1, -0.05) is 12.1 Å². The molecule has 6 nitrogen and oxygen atoms in total. The van der Waals surface area contributed by atoms with Gasteiger partial charge in [0.25, 0.3) is 11.8 Å². The number of nitrogens with two attached hydrogens (primary N) is 1. The summed E-state index contributed by atoms with van der Waals surface area (Å²) in [6, 6.07) is 4.79. The first-order valence-corrected chi connectivity index (χ1v) is 7.92. The van der Waals surface area contributed by atoms with Crippen LogP contribution in [-0.4, -0.2) is 39.6 Å². The minimum Gasteiger partial charge on any atom is -0.326 e. The lowest BCUT2D eigenvalue weighted by molar-refractivity contribution is -0.154. The third-order valence-corrected chi connectivity index (χ3v) is 4.55. The zero-order valence-corrected chi connectivity index (χ0v) is 13.4. The molecule has 1 saturated heterocycles. The molecular formula is C17H21N3O3. The monoisotopic (exact) mass is 315 g/mol. The van der Waals surface area contributed by atoms with Crippen molar-refractivity contribution in [3.63, 3.8) is 0 Å². The first-order chi connectivity index (χ1) is 10.9. The third kappa shape index (κ3) is 2.53. The van der Waals surface area contributed by atoms with Crippen LogP contribution in [0, 0.1) is 0 Å². The molecule has 1 atom stereocenters. The van der Waals surface area contributed by atoms with Crippen LogP contribution in [0.3, 0.4) is 0 Å². The molecule has 1 fully saturated rings. The summed E-state index contributed by atoms with van der Waals surface area (Å²) < 4.78 is 0. The van der Waals surface area contributed by atoms with Crippen molar-refractivity contribution in [1.82, 2.24) is 9.80 Å².